The number of carboxylic acids is 4. The number of carbonyl (C=O) groups excluding carboxylic acids is 1. The molecule has 5 N–H and O–H groups in total. The van der Waals surface area contributed by atoms with Gasteiger partial charge in [-0.25, -0.2) is 0 Å². The van der Waals surface area contributed by atoms with Crippen LogP contribution in [0, 0.1) is 0 Å². The van der Waals surface area contributed by atoms with E-state index in [-0.39, 0.29) is 32.7 Å². The molecule has 0 aliphatic heterocycles. The smallest absolute Gasteiger partial charge is 0.317 e. The van der Waals surface area contributed by atoms with Gasteiger partial charge >= 0.3 is 23.9 Å². The molecule has 0 unspecified atom stereocenters. The van der Waals surface area contributed by atoms with E-state index in [1.807, 2.05) is 0 Å². The quantitative estimate of drug-likeness (QED) is 0.172. The number of carbonyl (C=O) groups is 5. The highest BCUT2D eigenvalue weighted by Gasteiger charge is 2.19. The van der Waals surface area contributed by atoms with Crippen LogP contribution in [0.1, 0.15) is 0 Å². The van der Waals surface area contributed by atoms with E-state index in [0.717, 1.165) is 4.90 Å². The number of hydrogen-bond acceptors (Lipinski definition) is 9. The Balaban J connectivity index is 2.72. The fourth-order valence-corrected chi connectivity index (χ4v) is 2.87. The Morgan fingerprint density at radius 1 is 0.636 bits per heavy atom. The SMILES string of the molecule is O=C(O)CN(CCN(CC(=O)O)CC(=O)O)CCN(CC(=O)O)CC(=O)Nc1ccncc1. The Hall–Kier alpha value is -3.62. The van der Waals surface area contributed by atoms with Gasteiger partial charge in [0.05, 0.1) is 32.7 Å². The van der Waals surface area contributed by atoms with Gasteiger partial charge in [-0.3, -0.25) is 43.7 Å². The Kier molecular flexibility index (Phi) is 12.0. The van der Waals surface area contributed by atoms with Crippen LogP contribution in [0.25, 0.3) is 0 Å². The average Bonchev–Trinajstić information content (AvgIpc) is 2.68. The summed E-state index contributed by atoms with van der Waals surface area (Å²) in [6.07, 6.45) is 2.96. The van der Waals surface area contributed by atoms with Crippen LogP contribution in [0.2, 0.25) is 0 Å². The highest BCUT2D eigenvalue weighted by atomic mass is 16.4. The maximum Gasteiger partial charge on any atom is 0.317 e. The molecule has 0 saturated heterocycles. The summed E-state index contributed by atoms with van der Waals surface area (Å²) < 4.78 is 0. The van der Waals surface area contributed by atoms with Crippen LogP contribution in [0.3, 0.4) is 0 Å². The van der Waals surface area contributed by atoms with Gasteiger partial charge in [-0.15, -0.1) is 0 Å². The topological polar surface area (TPSA) is 201 Å². The second-order valence-electron chi connectivity index (χ2n) is 7.06. The highest BCUT2D eigenvalue weighted by molar-refractivity contribution is 5.92. The molecule has 33 heavy (non-hydrogen) atoms. The first-order valence-corrected chi connectivity index (χ1v) is 9.79. The molecule has 0 aromatic carbocycles. The number of nitrogens with zero attached hydrogens (tertiary/aromatic N) is 4. The molecule has 14 nitrogen and oxygen atoms in total. The molecule has 0 radical (unpaired) electrons. The lowest BCUT2D eigenvalue weighted by molar-refractivity contribution is -0.143. The van der Waals surface area contributed by atoms with E-state index in [2.05, 4.69) is 10.3 Å². The van der Waals surface area contributed by atoms with Crippen LogP contribution in [-0.4, -0.2) is 129 Å². The zero-order valence-electron chi connectivity index (χ0n) is 17.8. The number of anilines is 1. The van der Waals surface area contributed by atoms with E-state index in [0.29, 0.717) is 5.69 Å². The molecule has 1 amide bonds. The lowest BCUT2D eigenvalue weighted by Gasteiger charge is -2.27. The van der Waals surface area contributed by atoms with Crippen molar-refractivity contribution in [2.45, 2.75) is 0 Å². The first kappa shape index (κ1) is 27.4. The standard InChI is InChI=1S/C19H27N5O9/c25-15(21-14-1-3-20-4-2-14)9-23(11-17(28)29)7-5-22(10-16(26)27)6-8-24(12-18(30)31)13-19(32)33/h1-4H,5-13H2,(H,26,27)(H,28,29)(H,30,31)(H,32,33)(H,20,21,25). The molecular formula is C19H27N5O9. The van der Waals surface area contributed by atoms with E-state index >= 15 is 0 Å². The molecule has 0 bridgehead atoms. The number of aliphatic carboxylic acids is 4. The number of rotatable bonds is 17. The van der Waals surface area contributed by atoms with Crippen LogP contribution < -0.4 is 5.32 Å². The maximum absolute atomic E-state index is 12.3. The number of aromatic nitrogens is 1. The summed E-state index contributed by atoms with van der Waals surface area (Å²) >= 11 is 0. The van der Waals surface area contributed by atoms with E-state index in [1.165, 1.54) is 22.2 Å². The van der Waals surface area contributed by atoms with Crippen molar-refractivity contribution in [1.29, 1.82) is 0 Å². The summed E-state index contributed by atoms with van der Waals surface area (Å²) in [6.45, 7) is -2.16. The summed E-state index contributed by atoms with van der Waals surface area (Å²) in [6, 6.07) is 3.13. The van der Waals surface area contributed by atoms with Crippen molar-refractivity contribution in [3.63, 3.8) is 0 Å². The van der Waals surface area contributed by atoms with Crippen LogP contribution in [0.4, 0.5) is 5.69 Å². The predicted octanol–water partition coefficient (Wildman–Crippen LogP) is -1.74. The molecule has 0 fully saturated rings. The Morgan fingerprint density at radius 3 is 1.42 bits per heavy atom. The van der Waals surface area contributed by atoms with Gasteiger partial charge in [-0.05, 0) is 12.1 Å². The number of pyridine rings is 1. The average molecular weight is 469 g/mol. The predicted molar refractivity (Wildman–Crippen MR) is 113 cm³/mol. The molecule has 1 heterocycles. The number of carboxylic acid groups (broad SMARTS) is 4. The van der Waals surface area contributed by atoms with Crippen molar-refractivity contribution >= 4 is 35.5 Å². The fraction of sp³-hybridized carbons (Fsp3) is 0.474. The second-order valence-corrected chi connectivity index (χ2v) is 7.06. The zero-order chi connectivity index (χ0) is 24.8. The summed E-state index contributed by atoms with van der Waals surface area (Å²) in [4.78, 5) is 64.2. The number of hydrogen-bond donors (Lipinski definition) is 5. The third-order valence-electron chi connectivity index (χ3n) is 4.23. The molecule has 182 valence electrons. The van der Waals surface area contributed by atoms with Gasteiger partial charge in [0.1, 0.15) is 0 Å². The second kappa shape index (κ2) is 14.4. The molecular weight excluding hydrogens is 442 g/mol. The van der Waals surface area contributed by atoms with Crippen LogP contribution in [0.15, 0.2) is 24.5 Å². The minimum atomic E-state index is -1.23. The monoisotopic (exact) mass is 469 g/mol. The molecule has 1 rings (SSSR count). The largest absolute Gasteiger partial charge is 0.480 e. The third kappa shape index (κ3) is 13.4. The normalized spacial score (nSPS) is 11.0. The zero-order valence-corrected chi connectivity index (χ0v) is 17.8. The van der Waals surface area contributed by atoms with Crippen molar-refractivity contribution in [1.82, 2.24) is 19.7 Å². The maximum atomic E-state index is 12.3. The Morgan fingerprint density at radius 2 is 1.00 bits per heavy atom. The van der Waals surface area contributed by atoms with E-state index in [1.54, 1.807) is 12.1 Å². The number of nitrogens with one attached hydrogen (secondary N) is 1. The molecule has 0 aliphatic rings. The van der Waals surface area contributed by atoms with Crippen molar-refractivity contribution < 1.29 is 44.4 Å². The molecule has 0 atom stereocenters. The minimum Gasteiger partial charge on any atom is -0.480 e. The lowest BCUT2D eigenvalue weighted by atomic mass is 10.3. The Labute approximate surface area is 189 Å². The van der Waals surface area contributed by atoms with Gasteiger partial charge in [0.2, 0.25) is 5.91 Å². The van der Waals surface area contributed by atoms with Crippen LogP contribution in [0.5, 0.6) is 0 Å². The third-order valence-corrected chi connectivity index (χ3v) is 4.23. The van der Waals surface area contributed by atoms with E-state index in [4.69, 9.17) is 20.4 Å². The molecule has 14 heteroatoms. The Bertz CT molecular complexity index is 805. The summed E-state index contributed by atoms with van der Waals surface area (Å²) in [5.41, 5.74) is 0.481. The first-order chi connectivity index (χ1) is 15.5. The van der Waals surface area contributed by atoms with Gasteiger partial charge in [-0.1, -0.05) is 0 Å². The summed E-state index contributed by atoms with van der Waals surface area (Å²) in [5, 5.41) is 38.7. The highest BCUT2D eigenvalue weighted by Crippen LogP contribution is 2.04. The van der Waals surface area contributed by atoms with Gasteiger partial charge in [0.15, 0.2) is 0 Å². The van der Waals surface area contributed by atoms with Crippen LogP contribution in [-0.2, 0) is 24.0 Å². The summed E-state index contributed by atoms with van der Waals surface area (Å²) in [5.74, 6) is -5.27. The van der Waals surface area contributed by atoms with Crippen molar-refractivity contribution in [2.24, 2.45) is 0 Å². The van der Waals surface area contributed by atoms with E-state index < -0.39 is 56.0 Å². The van der Waals surface area contributed by atoms with Gasteiger partial charge < -0.3 is 25.7 Å². The minimum absolute atomic E-state index is 0.0248. The fourth-order valence-electron chi connectivity index (χ4n) is 2.87. The van der Waals surface area contributed by atoms with Crippen molar-refractivity contribution in [3.8, 4) is 0 Å². The lowest BCUT2D eigenvalue weighted by Crippen LogP contribution is -2.46. The molecule has 1 aromatic heterocycles. The molecule has 0 saturated carbocycles. The first-order valence-electron chi connectivity index (χ1n) is 9.79. The van der Waals surface area contributed by atoms with Crippen LogP contribution >= 0.6 is 0 Å². The summed E-state index contributed by atoms with van der Waals surface area (Å²) in [7, 11) is 0. The molecule has 0 spiro atoms. The number of amides is 1. The van der Waals surface area contributed by atoms with Gasteiger partial charge in [0, 0.05) is 44.3 Å². The van der Waals surface area contributed by atoms with Crippen molar-refractivity contribution in [2.75, 3.05) is 64.2 Å². The van der Waals surface area contributed by atoms with E-state index in [9.17, 15) is 24.0 Å². The van der Waals surface area contributed by atoms with Crippen molar-refractivity contribution in [3.05, 3.63) is 24.5 Å². The van der Waals surface area contributed by atoms with Gasteiger partial charge in [0.25, 0.3) is 0 Å². The van der Waals surface area contributed by atoms with Gasteiger partial charge in [-0.2, -0.15) is 0 Å². The molecule has 1 aromatic rings. The molecule has 0 aliphatic carbocycles.